The van der Waals surface area contributed by atoms with Crippen LogP contribution >= 0.6 is 0 Å². The first-order chi connectivity index (χ1) is 8.11. The number of nitrogens with zero attached hydrogens (tertiary/aromatic N) is 2. The number of unbranched alkanes of at least 4 members (excludes halogenated alkanes) is 3. The van der Waals surface area contributed by atoms with E-state index in [1.807, 2.05) is 13.1 Å². The first kappa shape index (κ1) is 16.0. The second-order valence-corrected chi connectivity index (χ2v) is 4.88. The lowest BCUT2D eigenvalue weighted by molar-refractivity contribution is 0.449. The highest BCUT2D eigenvalue weighted by atomic mass is 15.3. The normalized spacial score (nSPS) is 11.7. The summed E-state index contributed by atoms with van der Waals surface area (Å²) in [6.45, 7) is 10.2. The Morgan fingerprint density at radius 2 is 2.06 bits per heavy atom. The summed E-state index contributed by atoms with van der Waals surface area (Å²) in [5, 5.41) is 3.38. The van der Waals surface area contributed by atoms with Gasteiger partial charge in [0.2, 0.25) is 0 Å². The van der Waals surface area contributed by atoms with E-state index >= 15 is 0 Å². The van der Waals surface area contributed by atoms with Crippen molar-refractivity contribution in [2.24, 2.45) is 10.9 Å². The average molecular weight is 239 g/mol. The molecule has 0 fully saturated rings. The molecule has 0 aliphatic heterocycles. The summed E-state index contributed by atoms with van der Waals surface area (Å²) < 4.78 is 0. The molecule has 100 valence electrons. The van der Waals surface area contributed by atoms with Crippen molar-refractivity contribution in [3.05, 3.63) is 12.7 Å². The van der Waals surface area contributed by atoms with E-state index in [2.05, 4.69) is 42.7 Å². The second kappa shape index (κ2) is 10.2. The number of guanidine groups is 1. The number of hydrogen-bond acceptors (Lipinski definition) is 1. The highest BCUT2D eigenvalue weighted by molar-refractivity contribution is 5.79. The third-order valence-corrected chi connectivity index (χ3v) is 2.64. The van der Waals surface area contributed by atoms with Gasteiger partial charge >= 0.3 is 0 Å². The van der Waals surface area contributed by atoms with Crippen LogP contribution < -0.4 is 5.32 Å². The Labute approximate surface area is 107 Å². The Morgan fingerprint density at radius 1 is 1.35 bits per heavy atom. The van der Waals surface area contributed by atoms with Gasteiger partial charge in [0.25, 0.3) is 0 Å². The molecule has 0 radical (unpaired) electrons. The molecule has 0 unspecified atom stereocenters. The number of rotatable bonds is 8. The van der Waals surface area contributed by atoms with Gasteiger partial charge in [-0.1, -0.05) is 26.3 Å². The maximum atomic E-state index is 4.29. The van der Waals surface area contributed by atoms with Crippen LogP contribution in [0, 0.1) is 5.92 Å². The fourth-order valence-corrected chi connectivity index (χ4v) is 1.60. The molecule has 0 aromatic rings. The average Bonchev–Trinajstić information content (AvgIpc) is 2.29. The third kappa shape index (κ3) is 8.78. The molecule has 0 aromatic carbocycles. The Kier molecular flexibility index (Phi) is 9.59. The van der Waals surface area contributed by atoms with E-state index in [-0.39, 0.29) is 0 Å². The molecular weight excluding hydrogens is 210 g/mol. The minimum atomic E-state index is 0.646. The standard InChI is InChI=1S/C14H29N3/c1-6-7-8-9-10-11-17(5)14(15-4)16-12-13(2)3/h6,13H,1,7-12H2,2-5H3,(H,15,16). The summed E-state index contributed by atoms with van der Waals surface area (Å²) in [7, 11) is 3.94. The van der Waals surface area contributed by atoms with Crippen molar-refractivity contribution < 1.29 is 0 Å². The molecule has 0 aliphatic rings. The Balaban J connectivity index is 3.76. The predicted octanol–water partition coefficient (Wildman–Crippen LogP) is 2.90. The summed E-state index contributed by atoms with van der Waals surface area (Å²) in [5.41, 5.74) is 0. The van der Waals surface area contributed by atoms with Crippen LogP contribution in [0.15, 0.2) is 17.6 Å². The molecule has 0 heterocycles. The molecule has 0 saturated carbocycles. The van der Waals surface area contributed by atoms with Gasteiger partial charge < -0.3 is 10.2 Å². The second-order valence-electron chi connectivity index (χ2n) is 4.88. The quantitative estimate of drug-likeness (QED) is 0.305. The zero-order chi connectivity index (χ0) is 13.1. The van der Waals surface area contributed by atoms with E-state index in [0.29, 0.717) is 5.92 Å². The van der Waals surface area contributed by atoms with E-state index in [9.17, 15) is 0 Å². The van der Waals surface area contributed by atoms with E-state index in [1.165, 1.54) is 19.3 Å². The summed E-state index contributed by atoms with van der Waals surface area (Å²) in [4.78, 5) is 6.49. The lowest BCUT2D eigenvalue weighted by Gasteiger charge is -2.22. The first-order valence-corrected chi connectivity index (χ1v) is 6.64. The molecule has 0 amide bonds. The lowest BCUT2D eigenvalue weighted by Crippen LogP contribution is -2.40. The highest BCUT2D eigenvalue weighted by Gasteiger charge is 2.05. The summed E-state index contributed by atoms with van der Waals surface area (Å²) in [6.07, 6.45) is 6.84. The van der Waals surface area contributed by atoms with Gasteiger partial charge in [-0.25, -0.2) is 0 Å². The Bertz CT molecular complexity index is 222. The molecule has 3 nitrogen and oxygen atoms in total. The molecule has 0 aliphatic carbocycles. The lowest BCUT2D eigenvalue weighted by atomic mass is 10.2. The third-order valence-electron chi connectivity index (χ3n) is 2.64. The summed E-state index contributed by atoms with van der Waals surface area (Å²) in [5.74, 6) is 1.65. The van der Waals surface area contributed by atoms with Crippen molar-refractivity contribution in [2.45, 2.75) is 39.5 Å². The molecule has 0 rings (SSSR count). The van der Waals surface area contributed by atoms with Crippen LogP contribution in [0.3, 0.4) is 0 Å². The summed E-state index contributed by atoms with van der Waals surface area (Å²) >= 11 is 0. The van der Waals surface area contributed by atoms with Crippen molar-refractivity contribution in [1.29, 1.82) is 0 Å². The maximum absolute atomic E-state index is 4.29. The molecule has 0 aromatic heterocycles. The van der Waals surface area contributed by atoms with Crippen molar-refractivity contribution in [1.82, 2.24) is 10.2 Å². The molecule has 0 saturated heterocycles. The largest absolute Gasteiger partial charge is 0.356 e. The van der Waals surface area contributed by atoms with Gasteiger partial charge in [-0.3, -0.25) is 4.99 Å². The van der Waals surface area contributed by atoms with Crippen LogP contribution in [0.5, 0.6) is 0 Å². The van der Waals surface area contributed by atoms with Gasteiger partial charge in [-0.15, -0.1) is 6.58 Å². The van der Waals surface area contributed by atoms with Crippen molar-refractivity contribution >= 4 is 5.96 Å². The molecule has 17 heavy (non-hydrogen) atoms. The highest BCUT2D eigenvalue weighted by Crippen LogP contribution is 2.01. The van der Waals surface area contributed by atoms with E-state index < -0.39 is 0 Å². The molecular formula is C14H29N3. The molecule has 0 bridgehead atoms. The fourth-order valence-electron chi connectivity index (χ4n) is 1.60. The number of allylic oxidation sites excluding steroid dienone is 1. The maximum Gasteiger partial charge on any atom is 0.193 e. The molecule has 0 atom stereocenters. The smallest absolute Gasteiger partial charge is 0.193 e. The molecule has 3 heteroatoms. The monoisotopic (exact) mass is 239 g/mol. The van der Waals surface area contributed by atoms with E-state index in [4.69, 9.17) is 0 Å². The summed E-state index contributed by atoms with van der Waals surface area (Å²) in [6, 6.07) is 0. The van der Waals surface area contributed by atoms with Crippen LogP contribution in [0.2, 0.25) is 0 Å². The zero-order valence-corrected chi connectivity index (χ0v) is 12.0. The number of nitrogens with one attached hydrogen (secondary N) is 1. The zero-order valence-electron chi connectivity index (χ0n) is 12.0. The molecule has 0 spiro atoms. The van der Waals surface area contributed by atoms with Gasteiger partial charge in [-0.05, 0) is 25.2 Å². The van der Waals surface area contributed by atoms with Crippen LogP contribution in [-0.4, -0.2) is 38.0 Å². The van der Waals surface area contributed by atoms with Gasteiger partial charge in [-0.2, -0.15) is 0 Å². The predicted molar refractivity (Wildman–Crippen MR) is 77.5 cm³/mol. The van der Waals surface area contributed by atoms with Crippen LogP contribution in [0.25, 0.3) is 0 Å². The fraction of sp³-hybridized carbons (Fsp3) is 0.786. The van der Waals surface area contributed by atoms with Crippen molar-refractivity contribution in [3.63, 3.8) is 0 Å². The van der Waals surface area contributed by atoms with Crippen LogP contribution in [0.1, 0.15) is 39.5 Å². The number of hydrogen-bond donors (Lipinski definition) is 1. The minimum Gasteiger partial charge on any atom is -0.356 e. The first-order valence-electron chi connectivity index (χ1n) is 6.64. The number of aliphatic imine (C=N–C) groups is 1. The van der Waals surface area contributed by atoms with Crippen LogP contribution in [-0.2, 0) is 0 Å². The van der Waals surface area contributed by atoms with Crippen molar-refractivity contribution in [3.8, 4) is 0 Å². The van der Waals surface area contributed by atoms with Gasteiger partial charge in [0, 0.05) is 27.2 Å². The Hall–Kier alpha value is -0.990. The molecule has 1 N–H and O–H groups in total. The van der Waals surface area contributed by atoms with Crippen molar-refractivity contribution in [2.75, 3.05) is 27.2 Å². The van der Waals surface area contributed by atoms with Crippen LogP contribution in [0.4, 0.5) is 0 Å². The van der Waals surface area contributed by atoms with Gasteiger partial charge in [0.05, 0.1) is 0 Å². The SMILES string of the molecule is C=CCCCCCN(C)C(=NC)NCC(C)C. The van der Waals surface area contributed by atoms with E-state index in [1.54, 1.807) is 0 Å². The van der Waals surface area contributed by atoms with Gasteiger partial charge in [0.15, 0.2) is 5.96 Å². The van der Waals surface area contributed by atoms with E-state index in [0.717, 1.165) is 25.5 Å². The van der Waals surface area contributed by atoms with Gasteiger partial charge in [0.1, 0.15) is 0 Å². The topological polar surface area (TPSA) is 27.6 Å². The minimum absolute atomic E-state index is 0.646. The Morgan fingerprint density at radius 3 is 2.59 bits per heavy atom.